The minimum Gasteiger partial charge on any atom is -0.493 e. The molecule has 0 aromatic heterocycles. The maximum Gasteiger partial charge on any atom is 0.161 e. The van der Waals surface area contributed by atoms with Crippen LogP contribution in [-0.4, -0.2) is 20.3 Å². The van der Waals surface area contributed by atoms with Crippen LogP contribution >= 0.6 is 15.9 Å². The Morgan fingerprint density at radius 1 is 0.905 bits per heavy atom. The highest BCUT2D eigenvalue weighted by molar-refractivity contribution is 9.08. The van der Waals surface area contributed by atoms with E-state index < -0.39 is 0 Å². The van der Waals surface area contributed by atoms with Crippen LogP contribution in [0, 0.1) is 6.92 Å². The van der Waals surface area contributed by atoms with Gasteiger partial charge in [-0.3, -0.25) is 0 Å². The van der Waals surface area contributed by atoms with Crippen molar-refractivity contribution in [1.29, 1.82) is 0 Å². The summed E-state index contributed by atoms with van der Waals surface area (Å²) in [5.74, 6) is 2.35. The molecule has 0 atom stereocenters. The summed E-state index contributed by atoms with van der Waals surface area (Å²) in [7, 11) is 1.63. The van der Waals surface area contributed by atoms with Gasteiger partial charge in [-0.15, -0.1) is 0 Å². The van der Waals surface area contributed by atoms with Gasteiger partial charge < -0.3 is 14.2 Å². The molecule has 21 heavy (non-hydrogen) atoms. The lowest BCUT2D eigenvalue weighted by Gasteiger charge is -2.13. The molecule has 0 aliphatic carbocycles. The number of para-hydroxylation sites is 2. The predicted molar refractivity (Wildman–Crippen MR) is 87.8 cm³/mol. The van der Waals surface area contributed by atoms with Crippen LogP contribution < -0.4 is 14.2 Å². The van der Waals surface area contributed by atoms with Gasteiger partial charge >= 0.3 is 0 Å². The zero-order valence-corrected chi connectivity index (χ0v) is 13.9. The molecule has 2 aromatic carbocycles. The molecule has 4 heteroatoms. The van der Waals surface area contributed by atoms with E-state index >= 15 is 0 Å². The van der Waals surface area contributed by atoms with Crippen molar-refractivity contribution >= 4 is 15.9 Å². The molecule has 0 fully saturated rings. The number of ether oxygens (including phenoxy) is 3. The zero-order valence-electron chi connectivity index (χ0n) is 12.3. The fourth-order valence-electron chi connectivity index (χ4n) is 1.99. The molecule has 0 saturated carbocycles. The maximum atomic E-state index is 5.78. The number of aryl methyl sites for hydroxylation is 1. The Kier molecular flexibility index (Phi) is 5.93. The number of methoxy groups -OCH3 is 1. The third-order valence-corrected chi connectivity index (χ3v) is 3.63. The average Bonchev–Trinajstić information content (AvgIpc) is 2.52. The number of rotatable bonds is 7. The summed E-state index contributed by atoms with van der Waals surface area (Å²) in [6.45, 7) is 3.03. The lowest BCUT2D eigenvalue weighted by Crippen LogP contribution is -2.10. The minimum atomic E-state index is 0.468. The van der Waals surface area contributed by atoms with Crippen molar-refractivity contribution in [3.8, 4) is 17.2 Å². The summed E-state index contributed by atoms with van der Waals surface area (Å²) in [5, 5.41) is 0.775. The first-order chi connectivity index (χ1) is 10.2. The van der Waals surface area contributed by atoms with Crippen LogP contribution in [0.4, 0.5) is 0 Å². The van der Waals surface area contributed by atoms with Crippen LogP contribution in [0.2, 0.25) is 0 Å². The van der Waals surface area contributed by atoms with Crippen LogP contribution in [0.3, 0.4) is 0 Å². The van der Waals surface area contributed by atoms with Crippen molar-refractivity contribution in [2.24, 2.45) is 0 Å². The molecule has 0 radical (unpaired) electrons. The lowest BCUT2D eigenvalue weighted by atomic mass is 10.1. The molecule has 112 valence electrons. The molecule has 0 aliphatic heterocycles. The standard InChI is InChI=1S/C17H19BrO3/c1-13-7-8-15(14(11-13)12-18)20-9-10-21-17-6-4-3-5-16(17)19-2/h3-8,11H,9-10,12H2,1-2H3. The van der Waals surface area contributed by atoms with Gasteiger partial charge in [-0.2, -0.15) is 0 Å². The van der Waals surface area contributed by atoms with Gasteiger partial charge in [0.05, 0.1) is 7.11 Å². The van der Waals surface area contributed by atoms with Gasteiger partial charge in [-0.1, -0.05) is 45.8 Å². The third kappa shape index (κ3) is 4.39. The summed E-state index contributed by atoms with van der Waals surface area (Å²) in [6.07, 6.45) is 0. The van der Waals surface area contributed by atoms with E-state index in [1.807, 2.05) is 36.4 Å². The van der Waals surface area contributed by atoms with Crippen LogP contribution in [-0.2, 0) is 5.33 Å². The van der Waals surface area contributed by atoms with E-state index in [2.05, 4.69) is 28.9 Å². The Bertz CT molecular complexity index is 584. The smallest absolute Gasteiger partial charge is 0.161 e. The minimum absolute atomic E-state index is 0.468. The number of alkyl halides is 1. The largest absolute Gasteiger partial charge is 0.493 e. The molecule has 2 rings (SSSR count). The number of hydrogen-bond acceptors (Lipinski definition) is 3. The Labute approximate surface area is 134 Å². The fraction of sp³-hybridized carbons (Fsp3) is 0.294. The SMILES string of the molecule is COc1ccccc1OCCOc1ccc(C)cc1CBr. The van der Waals surface area contributed by atoms with Crippen LogP contribution in [0.15, 0.2) is 42.5 Å². The number of benzene rings is 2. The lowest BCUT2D eigenvalue weighted by molar-refractivity contribution is 0.210. The van der Waals surface area contributed by atoms with Crippen molar-refractivity contribution in [3.63, 3.8) is 0 Å². The zero-order chi connectivity index (χ0) is 15.1. The van der Waals surface area contributed by atoms with Gasteiger partial charge in [0.25, 0.3) is 0 Å². The number of halogens is 1. The first kappa shape index (κ1) is 15.7. The van der Waals surface area contributed by atoms with Crippen molar-refractivity contribution in [2.75, 3.05) is 20.3 Å². The Hall–Kier alpha value is -1.68. The summed E-state index contributed by atoms with van der Waals surface area (Å²) >= 11 is 3.48. The van der Waals surface area contributed by atoms with Crippen molar-refractivity contribution in [1.82, 2.24) is 0 Å². The molecule has 0 bridgehead atoms. The summed E-state index contributed by atoms with van der Waals surface area (Å²) in [4.78, 5) is 0. The highest BCUT2D eigenvalue weighted by Crippen LogP contribution is 2.26. The van der Waals surface area contributed by atoms with E-state index in [1.165, 1.54) is 5.56 Å². The fourth-order valence-corrected chi connectivity index (χ4v) is 2.43. The molecule has 0 saturated heterocycles. The Morgan fingerprint density at radius 2 is 1.57 bits per heavy atom. The first-order valence-electron chi connectivity index (χ1n) is 6.78. The molecular weight excluding hydrogens is 332 g/mol. The van der Waals surface area contributed by atoms with Gasteiger partial charge in [0.15, 0.2) is 11.5 Å². The van der Waals surface area contributed by atoms with E-state index in [1.54, 1.807) is 7.11 Å². The molecule has 0 N–H and O–H groups in total. The van der Waals surface area contributed by atoms with E-state index in [0.29, 0.717) is 13.2 Å². The van der Waals surface area contributed by atoms with E-state index in [-0.39, 0.29) is 0 Å². The second-order valence-corrected chi connectivity index (χ2v) is 5.15. The average molecular weight is 351 g/mol. The molecular formula is C17H19BrO3. The van der Waals surface area contributed by atoms with Gasteiger partial charge in [0.1, 0.15) is 19.0 Å². The van der Waals surface area contributed by atoms with Crippen LogP contribution in [0.5, 0.6) is 17.2 Å². The van der Waals surface area contributed by atoms with Gasteiger partial charge in [0, 0.05) is 10.9 Å². The van der Waals surface area contributed by atoms with E-state index in [4.69, 9.17) is 14.2 Å². The second-order valence-electron chi connectivity index (χ2n) is 4.59. The van der Waals surface area contributed by atoms with Crippen molar-refractivity contribution < 1.29 is 14.2 Å². The molecule has 0 spiro atoms. The summed E-state index contributed by atoms with van der Waals surface area (Å²) in [6, 6.07) is 13.7. The van der Waals surface area contributed by atoms with Gasteiger partial charge in [0.2, 0.25) is 0 Å². The molecule has 2 aromatic rings. The monoisotopic (exact) mass is 350 g/mol. The normalized spacial score (nSPS) is 10.2. The third-order valence-electron chi connectivity index (χ3n) is 3.03. The molecule has 0 unspecified atom stereocenters. The van der Waals surface area contributed by atoms with Gasteiger partial charge in [-0.05, 0) is 25.1 Å². The predicted octanol–water partition coefficient (Wildman–Crippen LogP) is 4.36. The summed E-state index contributed by atoms with van der Waals surface area (Å²) < 4.78 is 16.7. The quantitative estimate of drug-likeness (QED) is 0.548. The molecule has 0 amide bonds. The maximum absolute atomic E-state index is 5.78. The Balaban J connectivity index is 1.87. The molecule has 0 aliphatic rings. The topological polar surface area (TPSA) is 27.7 Å². The van der Waals surface area contributed by atoms with Crippen LogP contribution in [0.25, 0.3) is 0 Å². The number of hydrogen-bond donors (Lipinski definition) is 0. The van der Waals surface area contributed by atoms with Crippen LogP contribution in [0.1, 0.15) is 11.1 Å². The second kappa shape index (κ2) is 7.93. The molecule has 3 nitrogen and oxygen atoms in total. The molecule has 0 heterocycles. The Morgan fingerprint density at radius 3 is 2.24 bits per heavy atom. The van der Waals surface area contributed by atoms with E-state index in [9.17, 15) is 0 Å². The highest BCUT2D eigenvalue weighted by Gasteiger charge is 2.05. The van der Waals surface area contributed by atoms with Crippen molar-refractivity contribution in [2.45, 2.75) is 12.3 Å². The van der Waals surface area contributed by atoms with Gasteiger partial charge in [-0.25, -0.2) is 0 Å². The first-order valence-corrected chi connectivity index (χ1v) is 7.91. The van der Waals surface area contributed by atoms with E-state index in [0.717, 1.165) is 28.1 Å². The van der Waals surface area contributed by atoms with Crippen molar-refractivity contribution in [3.05, 3.63) is 53.6 Å². The summed E-state index contributed by atoms with van der Waals surface area (Å²) in [5.41, 5.74) is 2.37. The highest BCUT2D eigenvalue weighted by atomic mass is 79.9.